The maximum absolute atomic E-state index is 11.0. The van der Waals surface area contributed by atoms with Crippen LogP contribution >= 0.6 is 11.6 Å². The van der Waals surface area contributed by atoms with Gasteiger partial charge in [0.05, 0.1) is 4.92 Å². The molecule has 0 spiro atoms. The first kappa shape index (κ1) is 12.2. The Morgan fingerprint density at radius 3 is 2.65 bits per heavy atom. The first-order chi connectivity index (χ1) is 8.09. The highest BCUT2D eigenvalue weighted by molar-refractivity contribution is 6.33. The molecule has 0 unspecified atom stereocenters. The summed E-state index contributed by atoms with van der Waals surface area (Å²) in [5.74, 6) is 0.699. The normalized spacial score (nSPS) is 17.2. The Labute approximate surface area is 105 Å². The van der Waals surface area contributed by atoms with Gasteiger partial charge in [-0.15, -0.1) is 0 Å². The van der Waals surface area contributed by atoms with E-state index in [1.165, 1.54) is 0 Å². The van der Waals surface area contributed by atoms with Crippen molar-refractivity contribution in [1.29, 1.82) is 0 Å². The minimum absolute atomic E-state index is 0.0312. The molecular weight excluding hydrogens is 240 g/mol. The molecule has 0 atom stereocenters. The van der Waals surface area contributed by atoms with E-state index < -0.39 is 4.92 Å². The maximum Gasteiger partial charge on any atom is 0.310 e. The monoisotopic (exact) mass is 254 g/mol. The van der Waals surface area contributed by atoms with Crippen LogP contribution in [0.5, 0.6) is 0 Å². The van der Waals surface area contributed by atoms with E-state index in [9.17, 15) is 10.1 Å². The third-order valence-electron chi connectivity index (χ3n) is 3.27. The third kappa shape index (κ3) is 2.52. The van der Waals surface area contributed by atoms with Crippen LogP contribution in [0.2, 0.25) is 5.02 Å². The standard InChI is InChI=1S/C12H15ClN2O2/c1-9-5-7-14(8-6-9)11-4-2-3-10(13)12(11)15(16)17/h2-4,9H,5-8H2,1H3. The first-order valence-corrected chi connectivity index (χ1v) is 6.15. The number of rotatable bonds is 2. The van der Waals surface area contributed by atoms with Gasteiger partial charge in [0.25, 0.3) is 0 Å². The molecule has 0 bridgehead atoms. The number of nitrogens with zero attached hydrogens (tertiary/aromatic N) is 2. The van der Waals surface area contributed by atoms with Gasteiger partial charge in [-0.05, 0) is 30.9 Å². The van der Waals surface area contributed by atoms with Crippen LogP contribution in [0.1, 0.15) is 19.8 Å². The molecule has 0 aliphatic carbocycles. The number of hydrogen-bond acceptors (Lipinski definition) is 3. The second-order valence-corrected chi connectivity index (χ2v) is 4.94. The second kappa shape index (κ2) is 4.92. The Hall–Kier alpha value is -1.29. The molecule has 17 heavy (non-hydrogen) atoms. The number of nitro groups is 1. The van der Waals surface area contributed by atoms with E-state index in [0.717, 1.165) is 25.9 Å². The average Bonchev–Trinajstić information content (AvgIpc) is 2.29. The first-order valence-electron chi connectivity index (χ1n) is 5.77. The van der Waals surface area contributed by atoms with Crippen molar-refractivity contribution in [2.24, 2.45) is 5.92 Å². The molecule has 1 aliphatic heterocycles. The summed E-state index contributed by atoms with van der Waals surface area (Å²) in [5.41, 5.74) is 0.679. The average molecular weight is 255 g/mol. The van der Waals surface area contributed by atoms with Gasteiger partial charge in [-0.3, -0.25) is 10.1 Å². The fourth-order valence-electron chi connectivity index (χ4n) is 2.19. The lowest BCUT2D eigenvalue weighted by Crippen LogP contribution is -2.33. The lowest BCUT2D eigenvalue weighted by atomic mass is 9.98. The second-order valence-electron chi connectivity index (χ2n) is 4.53. The molecule has 1 heterocycles. The Balaban J connectivity index is 2.32. The number of para-hydroxylation sites is 1. The molecular formula is C12H15ClN2O2. The van der Waals surface area contributed by atoms with Gasteiger partial charge in [-0.2, -0.15) is 0 Å². The molecule has 1 fully saturated rings. The van der Waals surface area contributed by atoms with E-state index in [4.69, 9.17) is 11.6 Å². The van der Waals surface area contributed by atoms with Crippen molar-refractivity contribution in [1.82, 2.24) is 0 Å². The van der Waals surface area contributed by atoms with Gasteiger partial charge >= 0.3 is 5.69 Å². The van der Waals surface area contributed by atoms with Crippen molar-refractivity contribution in [2.45, 2.75) is 19.8 Å². The molecule has 0 aromatic heterocycles. The van der Waals surface area contributed by atoms with E-state index >= 15 is 0 Å². The van der Waals surface area contributed by atoms with Crippen molar-refractivity contribution in [2.75, 3.05) is 18.0 Å². The number of piperidine rings is 1. The molecule has 1 saturated heterocycles. The van der Waals surface area contributed by atoms with Crippen molar-refractivity contribution in [3.05, 3.63) is 33.3 Å². The Bertz CT molecular complexity index is 429. The zero-order valence-corrected chi connectivity index (χ0v) is 10.5. The highest BCUT2D eigenvalue weighted by atomic mass is 35.5. The molecule has 0 radical (unpaired) electrons. The Morgan fingerprint density at radius 2 is 2.06 bits per heavy atom. The van der Waals surface area contributed by atoms with Crippen molar-refractivity contribution < 1.29 is 4.92 Å². The van der Waals surface area contributed by atoms with Gasteiger partial charge in [0, 0.05) is 13.1 Å². The zero-order valence-electron chi connectivity index (χ0n) is 9.73. The van der Waals surface area contributed by atoms with Gasteiger partial charge in [0.15, 0.2) is 0 Å². The highest BCUT2D eigenvalue weighted by Gasteiger charge is 2.25. The van der Waals surface area contributed by atoms with Gasteiger partial charge in [0.2, 0.25) is 0 Å². The fourth-order valence-corrected chi connectivity index (χ4v) is 2.43. The maximum atomic E-state index is 11.0. The summed E-state index contributed by atoms with van der Waals surface area (Å²) in [5, 5.41) is 11.3. The molecule has 0 saturated carbocycles. The molecule has 4 nitrogen and oxygen atoms in total. The van der Waals surface area contributed by atoms with Crippen LogP contribution in [-0.2, 0) is 0 Å². The molecule has 2 rings (SSSR count). The SMILES string of the molecule is CC1CCN(c2cccc(Cl)c2[N+](=O)[O-])CC1. The van der Waals surface area contributed by atoms with Crippen molar-refractivity contribution in [3.8, 4) is 0 Å². The summed E-state index contributed by atoms with van der Waals surface area (Å²) in [6.45, 7) is 3.94. The molecule has 1 aromatic rings. The predicted molar refractivity (Wildman–Crippen MR) is 68.7 cm³/mol. The van der Waals surface area contributed by atoms with Crippen LogP contribution in [-0.4, -0.2) is 18.0 Å². The molecule has 5 heteroatoms. The third-order valence-corrected chi connectivity index (χ3v) is 3.58. The molecule has 1 aliphatic rings. The van der Waals surface area contributed by atoms with Crippen molar-refractivity contribution >= 4 is 23.0 Å². The van der Waals surface area contributed by atoms with Gasteiger partial charge in [-0.25, -0.2) is 0 Å². The van der Waals surface area contributed by atoms with E-state index in [0.29, 0.717) is 11.6 Å². The van der Waals surface area contributed by atoms with E-state index in [1.54, 1.807) is 18.2 Å². The number of benzene rings is 1. The molecule has 92 valence electrons. The Morgan fingerprint density at radius 1 is 1.41 bits per heavy atom. The minimum Gasteiger partial charge on any atom is -0.366 e. The zero-order chi connectivity index (χ0) is 12.4. The summed E-state index contributed by atoms with van der Waals surface area (Å²) in [7, 11) is 0. The van der Waals surface area contributed by atoms with E-state index in [-0.39, 0.29) is 10.7 Å². The van der Waals surface area contributed by atoms with Gasteiger partial charge in [0.1, 0.15) is 10.7 Å². The lowest BCUT2D eigenvalue weighted by Gasteiger charge is -2.31. The van der Waals surface area contributed by atoms with Crippen LogP contribution in [0.25, 0.3) is 0 Å². The summed E-state index contributed by atoms with van der Waals surface area (Å²) in [4.78, 5) is 12.7. The summed E-state index contributed by atoms with van der Waals surface area (Å²) < 4.78 is 0. The molecule has 0 amide bonds. The summed E-state index contributed by atoms with van der Waals surface area (Å²) in [6.07, 6.45) is 2.15. The van der Waals surface area contributed by atoms with Crippen LogP contribution in [0, 0.1) is 16.0 Å². The van der Waals surface area contributed by atoms with Crippen LogP contribution in [0.4, 0.5) is 11.4 Å². The van der Waals surface area contributed by atoms with E-state index in [1.807, 2.05) is 0 Å². The van der Waals surface area contributed by atoms with Gasteiger partial charge < -0.3 is 4.90 Å². The van der Waals surface area contributed by atoms with Gasteiger partial charge in [-0.1, -0.05) is 24.6 Å². The number of halogens is 1. The molecule has 1 aromatic carbocycles. The largest absolute Gasteiger partial charge is 0.366 e. The fraction of sp³-hybridized carbons (Fsp3) is 0.500. The molecule has 0 N–H and O–H groups in total. The van der Waals surface area contributed by atoms with E-state index in [2.05, 4.69) is 11.8 Å². The highest BCUT2D eigenvalue weighted by Crippen LogP contribution is 2.36. The predicted octanol–water partition coefficient (Wildman–Crippen LogP) is 3.48. The minimum atomic E-state index is -0.393. The number of anilines is 1. The number of nitro benzene ring substituents is 1. The van der Waals surface area contributed by atoms with Crippen LogP contribution in [0.15, 0.2) is 18.2 Å². The number of hydrogen-bond donors (Lipinski definition) is 0. The van der Waals surface area contributed by atoms with Crippen molar-refractivity contribution in [3.63, 3.8) is 0 Å². The lowest BCUT2D eigenvalue weighted by molar-refractivity contribution is -0.384. The summed E-state index contributed by atoms with van der Waals surface area (Å²) in [6, 6.07) is 5.11. The van der Waals surface area contributed by atoms with Crippen LogP contribution in [0.3, 0.4) is 0 Å². The summed E-state index contributed by atoms with van der Waals surface area (Å²) >= 11 is 5.90. The Kier molecular flexibility index (Phi) is 3.52. The topological polar surface area (TPSA) is 46.4 Å². The smallest absolute Gasteiger partial charge is 0.310 e. The quantitative estimate of drug-likeness (QED) is 0.600. The van der Waals surface area contributed by atoms with Crippen LogP contribution < -0.4 is 4.90 Å².